The number of nitrogen functional groups attached to an aromatic ring is 1. The predicted molar refractivity (Wildman–Crippen MR) is 139 cm³/mol. The number of aromatic nitrogens is 2. The summed E-state index contributed by atoms with van der Waals surface area (Å²) in [6.07, 6.45) is -3.85. The zero-order valence-corrected chi connectivity index (χ0v) is 20.2. The van der Waals surface area contributed by atoms with E-state index < -0.39 is 17.6 Å². The number of anilines is 2. The number of ether oxygens (including phenoxy) is 1. The van der Waals surface area contributed by atoms with Gasteiger partial charge in [0.25, 0.3) is 5.91 Å². The van der Waals surface area contributed by atoms with Crippen LogP contribution in [0.4, 0.5) is 24.7 Å². The fraction of sp³-hybridized carbons (Fsp3) is 0.0741. The molecule has 0 unspecified atom stereocenters. The highest BCUT2D eigenvalue weighted by Gasteiger charge is 2.31. The molecule has 5 rings (SSSR count). The lowest BCUT2D eigenvalue weighted by Gasteiger charge is -2.09. The molecule has 0 aliphatic rings. The van der Waals surface area contributed by atoms with Crippen molar-refractivity contribution < 1.29 is 22.7 Å². The number of methoxy groups -OCH3 is 1. The van der Waals surface area contributed by atoms with Gasteiger partial charge in [-0.3, -0.25) is 4.79 Å². The SMILES string of the molecule is COc1ccc(-c2cc(-c3ccccc3)c3c(N)c(C(=O)Nc4ccc(C(F)(F)F)cn4)sc3n2)cc1. The van der Waals surface area contributed by atoms with Gasteiger partial charge in [0, 0.05) is 17.1 Å². The molecule has 0 aliphatic heterocycles. The van der Waals surface area contributed by atoms with E-state index in [1.54, 1.807) is 7.11 Å². The lowest BCUT2D eigenvalue weighted by atomic mass is 9.99. The quantitative estimate of drug-likeness (QED) is 0.263. The number of nitrogens with zero attached hydrogens (tertiary/aromatic N) is 2. The third-order valence-electron chi connectivity index (χ3n) is 5.71. The first-order chi connectivity index (χ1) is 17.7. The molecule has 6 nitrogen and oxygen atoms in total. The molecule has 3 N–H and O–H groups in total. The summed E-state index contributed by atoms with van der Waals surface area (Å²) in [6, 6.07) is 20.9. The van der Waals surface area contributed by atoms with Crippen molar-refractivity contribution in [2.75, 3.05) is 18.2 Å². The summed E-state index contributed by atoms with van der Waals surface area (Å²) in [4.78, 5) is 22.3. The Morgan fingerprint density at radius 1 is 1.00 bits per heavy atom. The first-order valence-electron chi connectivity index (χ1n) is 11.0. The Kier molecular flexibility index (Phi) is 6.26. The second kappa shape index (κ2) is 9.55. The van der Waals surface area contributed by atoms with Gasteiger partial charge in [-0.25, -0.2) is 9.97 Å². The summed E-state index contributed by atoms with van der Waals surface area (Å²) in [7, 11) is 1.59. The molecular weight excluding hydrogens is 501 g/mol. The van der Waals surface area contributed by atoms with Crippen LogP contribution < -0.4 is 15.8 Å². The molecule has 0 radical (unpaired) electrons. The summed E-state index contributed by atoms with van der Waals surface area (Å²) < 4.78 is 43.7. The van der Waals surface area contributed by atoms with Crippen LogP contribution in [-0.2, 0) is 6.18 Å². The molecule has 186 valence electrons. The third-order valence-corrected chi connectivity index (χ3v) is 6.81. The van der Waals surface area contributed by atoms with Crippen molar-refractivity contribution in [3.63, 3.8) is 0 Å². The number of alkyl halides is 3. The molecule has 0 saturated carbocycles. The van der Waals surface area contributed by atoms with Crippen LogP contribution in [0.25, 0.3) is 32.6 Å². The number of nitrogens with one attached hydrogen (secondary N) is 1. The Bertz CT molecular complexity index is 1580. The number of thiophene rings is 1. The van der Waals surface area contributed by atoms with Crippen LogP contribution in [-0.4, -0.2) is 23.0 Å². The van der Waals surface area contributed by atoms with Crippen molar-refractivity contribution in [2.45, 2.75) is 6.18 Å². The minimum atomic E-state index is -4.52. The Morgan fingerprint density at radius 2 is 1.73 bits per heavy atom. The van der Waals surface area contributed by atoms with Gasteiger partial charge in [0.05, 0.1) is 24.1 Å². The molecule has 0 fully saturated rings. The minimum Gasteiger partial charge on any atom is -0.497 e. The van der Waals surface area contributed by atoms with E-state index in [0.29, 0.717) is 27.9 Å². The molecule has 10 heteroatoms. The monoisotopic (exact) mass is 520 g/mol. The number of halogens is 3. The van der Waals surface area contributed by atoms with Gasteiger partial charge in [-0.05, 0) is 53.6 Å². The number of hydrogen-bond acceptors (Lipinski definition) is 6. The Balaban J connectivity index is 1.58. The number of amides is 1. The molecule has 37 heavy (non-hydrogen) atoms. The Morgan fingerprint density at radius 3 is 2.35 bits per heavy atom. The average Bonchev–Trinajstić information content (AvgIpc) is 3.25. The van der Waals surface area contributed by atoms with E-state index in [1.807, 2.05) is 60.7 Å². The van der Waals surface area contributed by atoms with Gasteiger partial charge in [-0.2, -0.15) is 13.2 Å². The lowest BCUT2D eigenvalue weighted by molar-refractivity contribution is -0.137. The second-order valence-electron chi connectivity index (χ2n) is 8.06. The summed E-state index contributed by atoms with van der Waals surface area (Å²) in [5, 5.41) is 3.15. The Hall–Kier alpha value is -4.44. The van der Waals surface area contributed by atoms with Crippen molar-refractivity contribution in [3.05, 3.63) is 89.4 Å². The van der Waals surface area contributed by atoms with Crippen LogP contribution in [0.5, 0.6) is 5.75 Å². The summed E-state index contributed by atoms with van der Waals surface area (Å²) in [5.74, 6) is 0.104. The van der Waals surface area contributed by atoms with Crippen LogP contribution in [0, 0.1) is 0 Å². The molecular formula is C27H19F3N4O2S. The van der Waals surface area contributed by atoms with Crippen molar-refractivity contribution in [3.8, 4) is 28.1 Å². The Labute approximate surface area is 213 Å². The lowest BCUT2D eigenvalue weighted by Crippen LogP contribution is -2.14. The number of rotatable bonds is 5. The van der Waals surface area contributed by atoms with Crippen molar-refractivity contribution in [1.82, 2.24) is 9.97 Å². The summed E-state index contributed by atoms with van der Waals surface area (Å²) >= 11 is 1.10. The van der Waals surface area contributed by atoms with Gasteiger partial charge >= 0.3 is 6.18 Å². The maximum absolute atomic E-state index is 13.1. The van der Waals surface area contributed by atoms with Crippen LogP contribution in [0.15, 0.2) is 79.0 Å². The topological polar surface area (TPSA) is 90.1 Å². The zero-order chi connectivity index (χ0) is 26.2. The first-order valence-corrected chi connectivity index (χ1v) is 11.8. The molecule has 2 aromatic carbocycles. The average molecular weight is 521 g/mol. The number of hydrogen-bond donors (Lipinski definition) is 2. The molecule has 3 aromatic heterocycles. The highest BCUT2D eigenvalue weighted by molar-refractivity contribution is 7.21. The molecule has 5 aromatic rings. The smallest absolute Gasteiger partial charge is 0.417 e. The first kappa shape index (κ1) is 24.3. The fourth-order valence-electron chi connectivity index (χ4n) is 3.85. The van der Waals surface area contributed by atoms with Crippen LogP contribution in [0.2, 0.25) is 0 Å². The molecule has 0 spiro atoms. The number of carbonyl (C=O) groups is 1. The molecule has 0 aliphatic carbocycles. The van der Waals surface area contributed by atoms with E-state index in [0.717, 1.165) is 40.2 Å². The normalized spacial score (nSPS) is 11.5. The van der Waals surface area contributed by atoms with Gasteiger partial charge < -0.3 is 15.8 Å². The number of benzene rings is 2. The van der Waals surface area contributed by atoms with Crippen molar-refractivity contribution in [2.24, 2.45) is 0 Å². The zero-order valence-electron chi connectivity index (χ0n) is 19.3. The van der Waals surface area contributed by atoms with Gasteiger partial charge in [0.15, 0.2) is 0 Å². The number of nitrogens with two attached hydrogens (primary N) is 1. The summed E-state index contributed by atoms with van der Waals surface area (Å²) in [6.45, 7) is 0. The van der Waals surface area contributed by atoms with E-state index in [1.165, 1.54) is 0 Å². The predicted octanol–water partition coefficient (Wildman–Crippen LogP) is 6.89. The van der Waals surface area contributed by atoms with Crippen molar-refractivity contribution >= 4 is 39.0 Å². The van der Waals surface area contributed by atoms with Crippen LogP contribution in [0.1, 0.15) is 15.2 Å². The number of carbonyl (C=O) groups excluding carboxylic acids is 1. The maximum Gasteiger partial charge on any atom is 0.417 e. The second-order valence-corrected chi connectivity index (χ2v) is 9.06. The van der Waals surface area contributed by atoms with Crippen molar-refractivity contribution in [1.29, 1.82) is 0 Å². The van der Waals surface area contributed by atoms with Gasteiger partial charge in [0.2, 0.25) is 0 Å². The van der Waals surface area contributed by atoms with Crippen LogP contribution >= 0.6 is 11.3 Å². The van der Waals surface area contributed by atoms with Gasteiger partial charge in [-0.1, -0.05) is 30.3 Å². The van der Waals surface area contributed by atoms with E-state index in [-0.39, 0.29) is 16.4 Å². The van der Waals surface area contributed by atoms with E-state index in [2.05, 4.69) is 10.3 Å². The number of fused-ring (bicyclic) bond motifs is 1. The third kappa shape index (κ3) is 4.83. The fourth-order valence-corrected chi connectivity index (χ4v) is 4.87. The highest BCUT2D eigenvalue weighted by atomic mass is 32.1. The molecule has 1 amide bonds. The van der Waals surface area contributed by atoms with E-state index >= 15 is 0 Å². The highest BCUT2D eigenvalue weighted by Crippen LogP contribution is 2.41. The largest absolute Gasteiger partial charge is 0.497 e. The summed E-state index contributed by atoms with van der Waals surface area (Å²) in [5.41, 5.74) is 9.03. The minimum absolute atomic E-state index is 0.0231. The van der Waals surface area contributed by atoms with E-state index in [4.69, 9.17) is 15.5 Å². The van der Waals surface area contributed by atoms with E-state index in [9.17, 15) is 18.0 Å². The molecule has 0 atom stereocenters. The molecule has 0 saturated heterocycles. The molecule has 0 bridgehead atoms. The van der Waals surface area contributed by atoms with Gasteiger partial charge in [0.1, 0.15) is 21.3 Å². The standard InChI is InChI=1S/C27H19F3N4O2S/c1-36-18-10-7-16(8-11-18)20-13-19(15-5-3-2-4-6-15)22-23(31)24(37-26(22)33-20)25(35)34-21-12-9-17(14-32-21)27(28,29)30/h2-14H,31H2,1H3,(H,32,34,35). The van der Waals surface area contributed by atoms with Crippen LogP contribution in [0.3, 0.4) is 0 Å². The molecule has 3 heterocycles. The maximum atomic E-state index is 13.1. The number of pyridine rings is 2. The van der Waals surface area contributed by atoms with Gasteiger partial charge in [-0.15, -0.1) is 11.3 Å².